The SMILES string of the molecule is CCC(CC)(CC)n1cc(-c2ccnc(N(CC34CCC(c5ccc(OC)c(C)c5)(CC3)CC4)C(=O)[C@H]3CC[C@H](OC(=O)N4CC(O)C4)CC3)c2)cn1. The summed E-state index contributed by atoms with van der Waals surface area (Å²) in [4.78, 5) is 35.8. The molecule has 0 spiro atoms. The van der Waals surface area contributed by atoms with Crippen molar-refractivity contribution in [3.05, 3.63) is 60.0 Å². The predicted octanol–water partition coefficient (Wildman–Crippen LogP) is 8.18. The van der Waals surface area contributed by atoms with Gasteiger partial charge in [0.2, 0.25) is 5.91 Å². The number of likely N-dealkylation sites (tertiary alicyclic amines) is 1. The lowest BCUT2D eigenvalue weighted by molar-refractivity contribution is -0.124. The fourth-order valence-electron chi connectivity index (χ4n) is 9.93. The molecule has 0 atom stereocenters. The zero-order chi connectivity index (χ0) is 37.4. The number of pyridine rings is 1. The zero-order valence-corrected chi connectivity index (χ0v) is 32.5. The van der Waals surface area contributed by atoms with E-state index >= 15 is 0 Å². The van der Waals surface area contributed by atoms with Crippen LogP contribution in [0.2, 0.25) is 0 Å². The number of carbonyl (C=O) groups excluding carboxylic acids is 2. The van der Waals surface area contributed by atoms with Gasteiger partial charge in [0.25, 0.3) is 0 Å². The second-order valence-electron chi connectivity index (χ2n) is 16.7. The van der Waals surface area contributed by atoms with Gasteiger partial charge in [0.05, 0.1) is 38.0 Å². The topological polar surface area (TPSA) is 110 Å². The van der Waals surface area contributed by atoms with Gasteiger partial charge in [-0.25, -0.2) is 9.78 Å². The molecule has 53 heavy (non-hydrogen) atoms. The highest BCUT2D eigenvalue weighted by atomic mass is 16.6. The summed E-state index contributed by atoms with van der Waals surface area (Å²) in [5, 5.41) is 14.4. The Morgan fingerprint density at radius 3 is 2.23 bits per heavy atom. The summed E-state index contributed by atoms with van der Waals surface area (Å²) in [6, 6.07) is 10.8. The molecule has 2 amide bonds. The van der Waals surface area contributed by atoms with Gasteiger partial charge in [-0.05, 0) is 136 Å². The minimum Gasteiger partial charge on any atom is -0.496 e. The number of fused-ring (bicyclic) bond motifs is 3. The van der Waals surface area contributed by atoms with E-state index < -0.39 is 6.10 Å². The molecule has 1 aliphatic heterocycles. The van der Waals surface area contributed by atoms with Crippen molar-refractivity contribution in [1.82, 2.24) is 19.7 Å². The number of anilines is 1. The Morgan fingerprint density at radius 1 is 0.943 bits per heavy atom. The summed E-state index contributed by atoms with van der Waals surface area (Å²) in [7, 11) is 1.73. The van der Waals surface area contributed by atoms with Crippen LogP contribution in [0.4, 0.5) is 10.6 Å². The Bertz CT molecular complexity index is 1740. The molecule has 0 unspecified atom stereocenters. The van der Waals surface area contributed by atoms with E-state index in [0.717, 1.165) is 74.7 Å². The summed E-state index contributed by atoms with van der Waals surface area (Å²) in [5.74, 6) is 1.62. The Kier molecular flexibility index (Phi) is 10.6. The average molecular weight is 726 g/mol. The Morgan fingerprint density at radius 2 is 1.62 bits per heavy atom. The number of methoxy groups -OCH3 is 1. The molecule has 5 fully saturated rings. The third-order valence-corrected chi connectivity index (χ3v) is 14.0. The molecule has 3 heterocycles. The Labute approximate surface area is 315 Å². The number of rotatable bonds is 12. The third-order valence-electron chi connectivity index (χ3n) is 14.0. The first-order valence-electron chi connectivity index (χ1n) is 20.2. The Hall–Kier alpha value is -3.92. The minimum atomic E-state index is -0.460. The number of aliphatic hydroxyl groups excluding tert-OH is 1. The molecule has 1 N–H and O–H groups in total. The van der Waals surface area contributed by atoms with E-state index in [2.05, 4.69) is 62.8 Å². The molecule has 1 saturated heterocycles. The van der Waals surface area contributed by atoms with Gasteiger partial charge in [-0.2, -0.15) is 5.10 Å². The molecule has 10 heteroatoms. The molecular weight excluding hydrogens is 667 g/mol. The van der Waals surface area contributed by atoms with Gasteiger partial charge < -0.3 is 19.5 Å². The average Bonchev–Trinajstić information content (AvgIpc) is 3.68. The lowest BCUT2D eigenvalue weighted by Gasteiger charge is -2.55. The molecule has 8 rings (SSSR count). The third kappa shape index (κ3) is 7.20. The molecule has 5 aliphatic rings. The van der Waals surface area contributed by atoms with Gasteiger partial charge in [-0.1, -0.05) is 32.9 Å². The van der Waals surface area contributed by atoms with Crippen LogP contribution in [0.15, 0.2) is 48.9 Å². The highest BCUT2D eigenvalue weighted by molar-refractivity contribution is 5.95. The summed E-state index contributed by atoms with van der Waals surface area (Å²) in [6.45, 7) is 10.1. The number of β-amino-alcohol motifs (C(OH)–C–C–N with tert-alkyl or cyclic N) is 1. The van der Waals surface area contributed by atoms with Crippen molar-refractivity contribution in [2.75, 3.05) is 31.6 Å². The van der Waals surface area contributed by atoms with E-state index in [0.29, 0.717) is 51.1 Å². The maximum Gasteiger partial charge on any atom is 0.410 e. The molecule has 2 bridgehead atoms. The quantitative estimate of drug-likeness (QED) is 0.201. The number of benzene rings is 1. The monoisotopic (exact) mass is 725 g/mol. The fourth-order valence-corrected chi connectivity index (χ4v) is 9.93. The zero-order valence-electron chi connectivity index (χ0n) is 32.5. The highest BCUT2D eigenvalue weighted by Crippen LogP contribution is 2.58. The number of ether oxygens (including phenoxy) is 2. The van der Waals surface area contributed by atoms with Crippen LogP contribution < -0.4 is 9.64 Å². The molecule has 0 radical (unpaired) electrons. The van der Waals surface area contributed by atoms with E-state index in [1.54, 1.807) is 7.11 Å². The number of nitrogens with zero attached hydrogens (tertiary/aromatic N) is 5. The maximum atomic E-state index is 14.8. The van der Waals surface area contributed by atoms with E-state index in [1.807, 2.05) is 23.4 Å². The maximum absolute atomic E-state index is 14.8. The van der Waals surface area contributed by atoms with Crippen molar-refractivity contribution in [1.29, 1.82) is 0 Å². The first-order valence-corrected chi connectivity index (χ1v) is 20.2. The van der Waals surface area contributed by atoms with Crippen molar-refractivity contribution < 1.29 is 24.2 Å². The molecule has 1 aromatic carbocycles. The van der Waals surface area contributed by atoms with Gasteiger partial charge in [0.15, 0.2) is 0 Å². The van der Waals surface area contributed by atoms with Crippen molar-refractivity contribution in [3.63, 3.8) is 0 Å². The molecule has 4 saturated carbocycles. The van der Waals surface area contributed by atoms with Crippen molar-refractivity contribution in [3.8, 4) is 16.9 Å². The largest absolute Gasteiger partial charge is 0.496 e. The molecular formula is C43H59N5O5. The number of aliphatic hydroxyl groups is 1. The number of amides is 2. The number of aryl methyl sites for hydroxylation is 1. The first-order chi connectivity index (χ1) is 25.5. The van der Waals surface area contributed by atoms with Gasteiger partial charge in [-0.15, -0.1) is 0 Å². The van der Waals surface area contributed by atoms with Crippen LogP contribution in [0, 0.1) is 18.3 Å². The summed E-state index contributed by atoms with van der Waals surface area (Å²) in [6.07, 6.45) is 17.2. The second-order valence-corrected chi connectivity index (χ2v) is 16.7. The normalized spacial score (nSPS) is 25.9. The molecule has 10 nitrogen and oxygen atoms in total. The van der Waals surface area contributed by atoms with E-state index in [4.69, 9.17) is 19.6 Å². The van der Waals surface area contributed by atoms with E-state index in [9.17, 15) is 14.7 Å². The highest BCUT2D eigenvalue weighted by Gasteiger charge is 2.51. The smallest absolute Gasteiger partial charge is 0.410 e. The summed E-state index contributed by atoms with van der Waals surface area (Å²) >= 11 is 0. The second kappa shape index (κ2) is 15.1. The lowest BCUT2D eigenvalue weighted by Crippen LogP contribution is -2.54. The van der Waals surface area contributed by atoms with Gasteiger partial charge in [-0.3, -0.25) is 14.4 Å². The molecule has 2 aromatic heterocycles. The first kappa shape index (κ1) is 37.4. The lowest BCUT2D eigenvalue weighted by atomic mass is 9.51. The van der Waals surface area contributed by atoms with Crippen LogP contribution in [0.25, 0.3) is 11.1 Å². The molecule has 286 valence electrons. The van der Waals surface area contributed by atoms with Crippen molar-refractivity contribution >= 4 is 17.8 Å². The number of hydrogen-bond donors (Lipinski definition) is 1. The molecule has 4 aliphatic carbocycles. The van der Waals surface area contributed by atoms with Gasteiger partial charge >= 0.3 is 6.09 Å². The van der Waals surface area contributed by atoms with Gasteiger partial charge in [0, 0.05) is 30.4 Å². The predicted molar refractivity (Wildman–Crippen MR) is 206 cm³/mol. The number of aromatic nitrogens is 3. The van der Waals surface area contributed by atoms with Crippen LogP contribution in [0.3, 0.4) is 0 Å². The van der Waals surface area contributed by atoms with Crippen LogP contribution in [-0.4, -0.2) is 75.7 Å². The van der Waals surface area contributed by atoms with Gasteiger partial charge in [0.1, 0.15) is 17.7 Å². The Balaban J connectivity index is 1.12. The number of hydrogen-bond acceptors (Lipinski definition) is 7. The van der Waals surface area contributed by atoms with Crippen LogP contribution >= 0.6 is 0 Å². The van der Waals surface area contributed by atoms with Crippen LogP contribution in [0.1, 0.15) is 115 Å². The minimum absolute atomic E-state index is 0.0132. The standard InChI is InChI=1S/C43H59N5O5/c1-6-43(7-2,8-3)48-26-33(25-45-48)32-15-22-44-38(24-32)47(39(50)31-9-12-36(13-10-31)53-40(51)46-27-35(49)28-46)29-41-16-19-42(20-17-41,21-18-41)34-11-14-37(52-5)30(4)23-34/h11,14-15,22-26,31,35-36,49H,6-10,12-13,16-21,27-29H2,1-5H3/t31-,36-,41?,42?. The van der Waals surface area contributed by atoms with Crippen molar-refractivity contribution in [2.45, 2.75) is 134 Å². The van der Waals surface area contributed by atoms with Crippen LogP contribution in [-0.2, 0) is 20.5 Å². The fraction of sp³-hybridized carbons (Fsp3) is 0.628. The summed E-state index contributed by atoms with van der Waals surface area (Å²) < 4.78 is 13.5. The number of carbonyl (C=O) groups is 2. The summed E-state index contributed by atoms with van der Waals surface area (Å²) in [5.41, 5.74) is 4.87. The molecule has 3 aromatic rings. The van der Waals surface area contributed by atoms with Crippen LogP contribution in [0.5, 0.6) is 5.75 Å². The van der Waals surface area contributed by atoms with Crippen molar-refractivity contribution in [2.24, 2.45) is 11.3 Å². The van der Waals surface area contributed by atoms with E-state index in [1.165, 1.54) is 16.0 Å². The van der Waals surface area contributed by atoms with E-state index in [-0.39, 0.29) is 40.4 Å².